The van der Waals surface area contributed by atoms with Crippen molar-refractivity contribution < 1.29 is 4.74 Å². The Kier molecular flexibility index (Phi) is 7.52. The first-order valence-corrected chi connectivity index (χ1v) is 11.7. The number of benzene rings is 1. The van der Waals surface area contributed by atoms with Crippen LogP contribution in [-0.2, 0) is 4.74 Å². The summed E-state index contributed by atoms with van der Waals surface area (Å²) < 4.78 is 6.07. The molecule has 0 radical (unpaired) electrons. The van der Waals surface area contributed by atoms with Crippen LogP contribution in [0.1, 0.15) is 38.5 Å². The summed E-state index contributed by atoms with van der Waals surface area (Å²) in [6, 6.07) is 9.01. The van der Waals surface area contributed by atoms with Crippen molar-refractivity contribution in [1.82, 2.24) is 9.80 Å². The average Bonchev–Trinajstić information content (AvgIpc) is 2.74. The molecule has 1 aromatic carbocycles. The number of rotatable bonds is 7. The summed E-state index contributed by atoms with van der Waals surface area (Å²) in [5.74, 6) is 0.716. The number of piperazine rings is 1. The molecule has 0 N–H and O–H groups in total. The van der Waals surface area contributed by atoms with E-state index in [2.05, 4.69) is 26.8 Å². The molecule has 156 valence electrons. The molecule has 3 heterocycles. The van der Waals surface area contributed by atoms with Gasteiger partial charge in [0.2, 0.25) is 0 Å². The number of ether oxygens (including phenoxy) is 1. The second-order valence-electron chi connectivity index (χ2n) is 8.85. The highest BCUT2D eigenvalue weighted by atomic mass is 35.5. The number of hydrogen-bond donors (Lipinski definition) is 0. The van der Waals surface area contributed by atoms with E-state index in [0.717, 1.165) is 31.3 Å². The normalized spacial score (nSPS) is 27.0. The standard InChI is InChI=1S/C23H36ClN3O/c24-21-6-9-22(10-7-21)27-15-14-26-17-20(5-8-23(26)18-27)19-28-16-4-13-25-11-2-1-3-12-25/h6-7,9-10,20,23H,1-5,8,11-19H2. The third kappa shape index (κ3) is 5.63. The molecule has 0 aromatic heterocycles. The molecule has 3 aliphatic heterocycles. The number of likely N-dealkylation sites (tertiary alicyclic amines) is 1. The van der Waals surface area contributed by atoms with E-state index in [9.17, 15) is 0 Å². The Morgan fingerprint density at radius 2 is 1.75 bits per heavy atom. The van der Waals surface area contributed by atoms with E-state index in [1.807, 2.05) is 12.1 Å². The van der Waals surface area contributed by atoms with Gasteiger partial charge in [-0.25, -0.2) is 0 Å². The lowest BCUT2D eigenvalue weighted by molar-refractivity contribution is 0.0307. The van der Waals surface area contributed by atoms with Crippen molar-refractivity contribution in [1.29, 1.82) is 0 Å². The number of hydrogen-bond acceptors (Lipinski definition) is 4. The zero-order chi connectivity index (χ0) is 19.2. The summed E-state index contributed by atoms with van der Waals surface area (Å²) in [4.78, 5) is 7.84. The summed E-state index contributed by atoms with van der Waals surface area (Å²) in [6.45, 7) is 10.3. The summed E-state index contributed by atoms with van der Waals surface area (Å²) in [5.41, 5.74) is 1.31. The smallest absolute Gasteiger partial charge is 0.0506 e. The van der Waals surface area contributed by atoms with Crippen LogP contribution in [0.25, 0.3) is 0 Å². The van der Waals surface area contributed by atoms with Crippen molar-refractivity contribution >= 4 is 17.3 Å². The first kappa shape index (κ1) is 20.5. The lowest BCUT2D eigenvalue weighted by Crippen LogP contribution is -2.57. The molecule has 0 bridgehead atoms. The Labute approximate surface area is 175 Å². The Balaban J connectivity index is 1.13. The summed E-state index contributed by atoms with van der Waals surface area (Å²) in [5, 5.41) is 0.818. The van der Waals surface area contributed by atoms with Gasteiger partial charge in [-0.05, 0) is 75.4 Å². The van der Waals surface area contributed by atoms with Crippen LogP contribution in [-0.4, -0.2) is 74.9 Å². The van der Waals surface area contributed by atoms with Crippen LogP contribution < -0.4 is 4.90 Å². The predicted octanol–water partition coefficient (Wildman–Crippen LogP) is 4.13. The molecule has 28 heavy (non-hydrogen) atoms. The van der Waals surface area contributed by atoms with Crippen LogP contribution in [0.15, 0.2) is 24.3 Å². The average molecular weight is 406 g/mol. The molecule has 4 nitrogen and oxygen atoms in total. The van der Waals surface area contributed by atoms with Gasteiger partial charge in [0.25, 0.3) is 0 Å². The van der Waals surface area contributed by atoms with Crippen molar-refractivity contribution in [2.24, 2.45) is 5.92 Å². The second-order valence-corrected chi connectivity index (χ2v) is 9.28. The van der Waals surface area contributed by atoms with Crippen molar-refractivity contribution in [3.05, 3.63) is 29.3 Å². The molecule has 3 saturated heterocycles. The molecule has 3 fully saturated rings. The monoisotopic (exact) mass is 405 g/mol. The van der Waals surface area contributed by atoms with Crippen LogP contribution >= 0.6 is 11.6 Å². The van der Waals surface area contributed by atoms with Crippen LogP contribution in [0.4, 0.5) is 5.69 Å². The number of piperidine rings is 2. The van der Waals surface area contributed by atoms with Crippen LogP contribution in [0.2, 0.25) is 5.02 Å². The Bertz CT molecular complexity index is 590. The highest BCUT2D eigenvalue weighted by molar-refractivity contribution is 6.30. The predicted molar refractivity (Wildman–Crippen MR) is 117 cm³/mol. The van der Waals surface area contributed by atoms with Gasteiger partial charge in [0.15, 0.2) is 0 Å². The van der Waals surface area contributed by atoms with E-state index in [-0.39, 0.29) is 0 Å². The van der Waals surface area contributed by atoms with Crippen molar-refractivity contribution in [3.63, 3.8) is 0 Å². The SMILES string of the molecule is Clc1ccc(N2CCN3CC(COCCCN4CCCCC4)CCC3C2)cc1. The summed E-state index contributed by atoms with van der Waals surface area (Å²) >= 11 is 6.04. The minimum Gasteiger partial charge on any atom is -0.381 e. The van der Waals surface area contributed by atoms with Crippen molar-refractivity contribution in [3.8, 4) is 0 Å². The molecule has 0 amide bonds. The van der Waals surface area contributed by atoms with Gasteiger partial charge in [-0.3, -0.25) is 4.90 Å². The third-order valence-corrected chi connectivity index (χ3v) is 7.01. The number of fused-ring (bicyclic) bond motifs is 1. The molecular weight excluding hydrogens is 370 g/mol. The molecular formula is C23H36ClN3O. The molecule has 3 aliphatic rings. The molecule has 4 rings (SSSR count). The zero-order valence-electron chi connectivity index (χ0n) is 17.2. The van der Waals surface area contributed by atoms with Gasteiger partial charge in [0.1, 0.15) is 0 Å². The van der Waals surface area contributed by atoms with Gasteiger partial charge in [-0.1, -0.05) is 18.0 Å². The third-order valence-electron chi connectivity index (χ3n) is 6.76. The van der Waals surface area contributed by atoms with Gasteiger partial charge in [-0.2, -0.15) is 0 Å². The number of anilines is 1. The highest BCUT2D eigenvalue weighted by Gasteiger charge is 2.32. The van der Waals surface area contributed by atoms with E-state index in [1.165, 1.54) is 76.9 Å². The molecule has 0 aliphatic carbocycles. The Morgan fingerprint density at radius 3 is 2.57 bits per heavy atom. The largest absolute Gasteiger partial charge is 0.381 e. The fourth-order valence-corrected chi connectivity index (χ4v) is 5.23. The number of halogens is 1. The lowest BCUT2D eigenvalue weighted by atomic mass is 9.91. The number of nitrogens with zero attached hydrogens (tertiary/aromatic N) is 3. The first-order valence-electron chi connectivity index (χ1n) is 11.3. The fourth-order valence-electron chi connectivity index (χ4n) is 5.10. The van der Waals surface area contributed by atoms with Crippen LogP contribution in [0.5, 0.6) is 0 Å². The minimum atomic E-state index is 0.694. The Morgan fingerprint density at radius 1 is 0.929 bits per heavy atom. The van der Waals surface area contributed by atoms with E-state index in [1.54, 1.807) is 0 Å². The maximum Gasteiger partial charge on any atom is 0.0506 e. The first-order chi connectivity index (χ1) is 13.8. The zero-order valence-corrected chi connectivity index (χ0v) is 18.0. The second kappa shape index (κ2) is 10.3. The van der Waals surface area contributed by atoms with Gasteiger partial charge < -0.3 is 14.5 Å². The molecule has 1 aromatic rings. The molecule has 2 atom stereocenters. The highest BCUT2D eigenvalue weighted by Crippen LogP contribution is 2.28. The van der Waals surface area contributed by atoms with Crippen molar-refractivity contribution in [2.75, 3.05) is 63.9 Å². The van der Waals surface area contributed by atoms with Gasteiger partial charge in [0.05, 0.1) is 6.61 Å². The van der Waals surface area contributed by atoms with Crippen LogP contribution in [0, 0.1) is 5.92 Å². The van der Waals surface area contributed by atoms with Gasteiger partial charge in [-0.15, -0.1) is 0 Å². The molecule has 2 unspecified atom stereocenters. The quantitative estimate of drug-likeness (QED) is 0.634. The van der Waals surface area contributed by atoms with E-state index >= 15 is 0 Å². The van der Waals surface area contributed by atoms with Gasteiger partial charge in [0, 0.05) is 56.1 Å². The summed E-state index contributed by atoms with van der Waals surface area (Å²) in [6.07, 6.45) is 7.98. The summed E-state index contributed by atoms with van der Waals surface area (Å²) in [7, 11) is 0. The molecule has 0 spiro atoms. The van der Waals surface area contributed by atoms with E-state index in [0.29, 0.717) is 12.0 Å². The Hall–Kier alpha value is -0.810. The van der Waals surface area contributed by atoms with Crippen molar-refractivity contribution in [2.45, 2.75) is 44.6 Å². The fraction of sp³-hybridized carbons (Fsp3) is 0.739. The van der Waals surface area contributed by atoms with Gasteiger partial charge >= 0.3 is 0 Å². The molecule has 5 heteroatoms. The van der Waals surface area contributed by atoms with E-state index in [4.69, 9.17) is 16.3 Å². The maximum absolute atomic E-state index is 6.07. The minimum absolute atomic E-state index is 0.694. The molecule has 0 saturated carbocycles. The topological polar surface area (TPSA) is 19.0 Å². The lowest BCUT2D eigenvalue weighted by Gasteiger charge is -2.47. The van der Waals surface area contributed by atoms with Crippen LogP contribution in [0.3, 0.4) is 0 Å². The maximum atomic E-state index is 6.07. The van der Waals surface area contributed by atoms with E-state index < -0.39 is 0 Å².